The second kappa shape index (κ2) is 18.9. The molecule has 23 heavy (non-hydrogen) atoms. The molecule has 0 aromatic rings. The van der Waals surface area contributed by atoms with Crippen LogP contribution in [0.2, 0.25) is 0 Å². The van der Waals surface area contributed by atoms with Crippen LogP contribution in [0.3, 0.4) is 0 Å². The summed E-state index contributed by atoms with van der Waals surface area (Å²) in [6.45, 7) is 6.37. The highest BCUT2D eigenvalue weighted by molar-refractivity contribution is 5.72. The first-order valence-electron chi connectivity index (χ1n) is 9.13. The van der Waals surface area contributed by atoms with E-state index in [0.717, 1.165) is 13.0 Å². The predicted molar refractivity (Wildman–Crippen MR) is 94.9 cm³/mol. The van der Waals surface area contributed by atoms with Gasteiger partial charge in [0.15, 0.2) is 0 Å². The first-order valence-corrected chi connectivity index (χ1v) is 9.13. The summed E-state index contributed by atoms with van der Waals surface area (Å²) >= 11 is 0. The summed E-state index contributed by atoms with van der Waals surface area (Å²) in [5.41, 5.74) is 0. The minimum absolute atomic E-state index is 0.222. The van der Waals surface area contributed by atoms with Crippen LogP contribution >= 0.6 is 0 Å². The maximum absolute atomic E-state index is 10.5. The van der Waals surface area contributed by atoms with E-state index in [0.29, 0.717) is 0 Å². The number of rotatable bonds is 14. The van der Waals surface area contributed by atoms with Crippen molar-refractivity contribution in [1.82, 2.24) is 5.32 Å². The topological polar surface area (TPSA) is 86.6 Å². The summed E-state index contributed by atoms with van der Waals surface area (Å²) in [5.74, 6) is -1.51. The Morgan fingerprint density at radius 1 is 0.826 bits per heavy atom. The molecule has 0 aromatic carbocycles. The van der Waals surface area contributed by atoms with Crippen molar-refractivity contribution < 1.29 is 19.8 Å². The molecule has 3 N–H and O–H groups in total. The summed E-state index contributed by atoms with van der Waals surface area (Å²) in [5, 5.41) is 19.4. The van der Waals surface area contributed by atoms with Gasteiger partial charge >= 0.3 is 11.9 Å². The monoisotopic (exact) mass is 331 g/mol. The first-order chi connectivity index (χ1) is 11.0. The molecule has 138 valence electrons. The van der Waals surface area contributed by atoms with Crippen LogP contribution in [0.1, 0.15) is 91.4 Å². The maximum atomic E-state index is 10.5. The van der Waals surface area contributed by atoms with Gasteiger partial charge in [-0.2, -0.15) is 0 Å². The molecule has 0 aliphatic rings. The minimum atomic E-state index is -0.762. The van der Waals surface area contributed by atoms with Gasteiger partial charge in [-0.05, 0) is 19.9 Å². The normalized spacial score (nSPS) is 11.4. The van der Waals surface area contributed by atoms with Crippen molar-refractivity contribution in [1.29, 1.82) is 0 Å². The maximum Gasteiger partial charge on any atom is 0.320 e. The van der Waals surface area contributed by atoms with E-state index in [4.69, 9.17) is 10.2 Å². The molecule has 5 nitrogen and oxygen atoms in total. The van der Waals surface area contributed by atoms with Crippen LogP contribution in [0, 0.1) is 0 Å². The summed E-state index contributed by atoms with van der Waals surface area (Å²) in [7, 11) is 0. The highest BCUT2D eigenvalue weighted by atomic mass is 16.4. The molecule has 0 saturated carbocycles. The number of carboxylic acids is 2. The van der Waals surface area contributed by atoms with Crippen LogP contribution in [0.25, 0.3) is 0 Å². The van der Waals surface area contributed by atoms with Crippen LogP contribution in [0.15, 0.2) is 0 Å². The third-order valence-corrected chi connectivity index (χ3v) is 3.65. The highest BCUT2D eigenvalue weighted by Crippen LogP contribution is 2.10. The molecular weight excluding hydrogens is 294 g/mol. The van der Waals surface area contributed by atoms with Gasteiger partial charge in [-0.25, -0.2) is 0 Å². The molecule has 0 amide bonds. The van der Waals surface area contributed by atoms with E-state index in [1.807, 2.05) is 0 Å². The third-order valence-electron chi connectivity index (χ3n) is 3.65. The molecule has 0 bridgehead atoms. The van der Waals surface area contributed by atoms with Crippen molar-refractivity contribution in [2.75, 3.05) is 6.54 Å². The number of nitrogens with one attached hydrogen (secondary N) is 1. The summed E-state index contributed by atoms with van der Waals surface area (Å²) in [6.07, 6.45) is 13.4. The quantitative estimate of drug-likeness (QED) is 0.409. The lowest BCUT2D eigenvalue weighted by atomic mass is 10.1. The van der Waals surface area contributed by atoms with Crippen molar-refractivity contribution >= 4 is 11.9 Å². The fourth-order valence-electron chi connectivity index (χ4n) is 2.02. The van der Waals surface area contributed by atoms with E-state index in [9.17, 15) is 9.59 Å². The van der Waals surface area contributed by atoms with Crippen LogP contribution in [-0.4, -0.2) is 34.7 Å². The van der Waals surface area contributed by atoms with E-state index in [-0.39, 0.29) is 6.42 Å². The van der Waals surface area contributed by atoms with Crippen molar-refractivity contribution in [2.24, 2.45) is 0 Å². The average molecular weight is 331 g/mol. The standard InChI is InChI=1S/C15H31NO2.C3H6O2/c1-3-4-5-6-7-8-9-10-11-12-13-16-14(2)15(17)18;1-2-3(4)5/h14,16H,3-13H2,1-2H3,(H,17,18);2H2,1H3,(H,4,5). The Labute approximate surface area is 141 Å². The van der Waals surface area contributed by atoms with Gasteiger partial charge in [-0.1, -0.05) is 71.6 Å². The first kappa shape index (κ1) is 24.2. The van der Waals surface area contributed by atoms with Crippen molar-refractivity contribution in [3.63, 3.8) is 0 Å². The lowest BCUT2D eigenvalue weighted by Crippen LogP contribution is -2.34. The van der Waals surface area contributed by atoms with Gasteiger partial charge in [0.2, 0.25) is 0 Å². The Kier molecular flexibility index (Phi) is 19.9. The molecule has 0 aliphatic carbocycles. The van der Waals surface area contributed by atoms with E-state index < -0.39 is 18.0 Å². The molecule has 0 fully saturated rings. The van der Waals surface area contributed by atoms with Crippen LogP contribution in [-0.2, 0) is 9.59 Å². The number of hydrogen-bond donors (Lipinski definition) is 3. The van der Waals surface area contributed by atoms with E-state index in [2.05, 4.69) is 12.2 Å². The number of aliphatic carboxylic acids is 2. The van der Waals surface area contributed by atoms with Crippen LogP contribution in [0.5, 0.6) is 0 Å². The molecule has 1 unspecified atom stereocenters. The van der Waals surface area contributed by atoms with Crippen molar-refractivity contribution in [3.8, 4) is 0 Å². The van der Waals surface area contributed by atoms with Crippen LogP contribution in [0.4, 0.5) is 0 Å². The summed E-state index contributed by atoms with van der Waals surface area (Å²) in [4.78, 5) is 19.9. The van der Waals surface area contributed by atoms with Gasteiger partial charge in [-0.3, -0.25) is 9.59 Å². The smallest absolute Gasteiger partial charge is 0.320 e. The Morgan fingerprint density at radius 2 is 1.22 bits per heavy atom. The molecule has 1 atom stereocenters. The van der Waals surface area contributed by atoms with Crippen LogP contribution < -0.4 is 5.32 Å². The zero-order valence-corrected chi connectivity index (χ0v) is 15.3. The highest BCUT2D eigenvalue weighted by Gasteiger charge is 2.07. The Morgan fingerprint density at radius 3 is 1.57 bits per heavy atom. The fraction of sp³-hybridized carbons (Fsp3) is 0.889. The fourth-order valence-corrected chi connectivity index (χ4v) is 2.02. The van der Waals surface area contributed by atoms with Gasteiger partial charge in [0.1, 0.15) is 6.04 Å². The molecule has 0 aromatic heterocycles. The van der Waals surface area contributed by atoms with Gasteiger partial charge in [0, 0.05) is 6.42 Å². The third kappa shape index (κ3) is 23.3. The second-order valence-electron chi connectivity index (χ2n) is 5.94. The molecule has 5 heteroatoms. The van der Waals surface area contributed by atoms with Crippen molar-refractivity contribution in [2.45, 2.75) is 97.4 Å². The minimum Gasteiger partial charge on any atom is -0.481 e. The number of carboxylic acid groups (broad SMARTS) is 2. The molecule has 0 radical (unpaired) electrons. The van der Waals surface area contributed by atoms with Gasteiger partial charge in [-0.15, -0.1) is 0 Å². The zero-order chi connectivity index (χ0) is 17.9. The molecule has 0 saturated heterocycles. The number of unbranched alkanes of at least 4 members (excludes halogenated alkanes) is 9. The SMILES string of the molecule is CCC(=O)O.CCCCCCCCCCCCNC(C)C(=O)O. The molecule has 0 heterocycles. The predicted octanol–water partition coefficient (Wildman–Crippen LogP) is 4.45. The van der Waals surface area contributed by atoms with E-state index >= 15 is 0 Å². The zero-order valence-electron chi connectivity index (χ0n) is 15.3. The Bertz CT molecular complexity index is 282. The molecule has 0 aliphatic heterocycles. The lowest BCUT2D eigenvalue weighted by molar-refractivity contribution is -0.139. The summed E-state index contributed by atoms with van der Waals surface area (Å²) < 4.78 is 0. The number of hydrogen-bond acceptors (Lipinski definition) is 3. The van der Waals surface area contributed by atoms with E-state index in [1.165, 1.54) is 57.8 Å². The average Bonchev–Trinajstić information content (AvgIpc) is 2.52. The summed E-state index contributed by atoms with van der Waals surface area (Å²) in [6, 6.07) is -0.413. The largest absolute Gasteiger partial charge is 0.481 e. The van der Waals surface area contributed by atoms with Gasteiger partial charge < -0.3 is 15.5 Å². The second-order valence-corrected chi connectivity index (χ2v) is 5.94. The Hall–Kier alpha value is -1.10. The van der Waals surface area contributed by atoms with Gasteiger partial charge in [0.05, 0.1) is 0 Å². The Balaban J connectivity index is 0. The molecule has 0 spiro atoms. The lowest BCUT2D eigenvalue weighted by Gasteiger charge is -2.08. The van der Waals surface area contributed by atoms with E-state index in [1.54, 1.807) is 13.8 Å². The molecule has 0 rings (SSSR count). The van der Waals surface area contributed by atoms with Crippen molar-refractivity contribution in [3.05, 3.63) is 0 Å². The molecular formula is C18H37NO4. The van der Waals surface area contributed by atoms with Gasteiger partial charge in [0.25, 0.3) is 0 Å². The number of carbonyl (C=O) groups is 2.